The van der Waals surface area contributed by atoms with Crippen molar-refractivity contribution in [3.63, 3.8) is 0 Å². The molecular weight excluding hydrogens is 200 g/mol. The lowest BCUT2D eigenvalue weighted by Gasteiger charge is -2.41. The SMILES string of the molecule is CCC(C)N1C(=O)CC(C)(C)NCC1(C)C. The normalized spacial score (nSPS) is 26.4. The Morgan fingerprint density at radius 1 is 1.38 bits per heavy atom. The molecular formula is C13H26N2O. The number of hydrogen-bond donors (Lipinski definition) is 1. The molecule has 94 valence electrons. The average Bonchev–Trinajstić information content (AvgIpc) is 2.20. The van der Waals surface area contributed by atoms with E-state index in [1.54, 1.807) is 0 Å². The standard InChI is InChI=1S/C13H26N2O/c1-7-10(2)15-11(16)8-12(3,4)14-9-13(15,5)6/h10,14H,7-9H2,1-6H3. The van der Waals surface area contributed by atoms with E-state index < -0.39 is 0 Å². The summed E-state index contributed by atoms with van der Waals surface area (Å²) in [5.74, 6) is 0.273. The predicted molar refractivity (Wildman–Crippen MR) is 67.4 cm³/mol. The van der Waals surface area contributed by atoms with Crippen molar-refractivity contribution >= 4 is 5.91 Å². The maximum atomic E-state index is 12.3. The molecule has 0 aliphatic carbocycles. The Morgan fingerprint density at radius 2 is 1.94 bits per heavy atom. The van der Waals surface area contributed by atoms with Gasteiger partial charge in [0.2, 0.25) is 5.91 Å². The molecule has 0 bridgehead atoms. The Hall–Kier alpha value is -0.570. The fourth-order valence-electron chi connectivity index (χ4n) is 2.43. The summed E-state index contributed by atoms with van der Waals surface area (Å²) >= 11 is 0. The highest BCUT2D eigenvalue weighted by molar-refractivity contribution is 5.79. The lowest BCUT2D eigenvalue weighted by Crippen LogP contribution is -2.54. The van der Waals surface area contributed by atoms with E-state index in [4.69, 9.17) is 0 Å². The summed E-state index contributed by atoms with van der Waals surface area (Å²) in [6.07, 6.45) is 1.59. The third-order valence-electron chi connectivity index (χ3n) is 3.55. The van der Waals surface area contributed by atoms with Gasteiger partial charge in [0.05, 0.1) is 0 Å². The Bertz CT molecular complexity index is 271. The van der Waals surface area contributed by atoms with Gasteiger partial charge < -0.3 is 10.2 Å². The van der Waals surface area contributed by atoms with Gasteiger partial charge in [0.1, 0.15) is 0 Å². The van der Waals surface area contributed by atoms with Crippen LogP contribution in [0.3, 0.4) is 0 Å². The Morgan fingerprint density at radius 3 is 2.44 bits per heavy atom. The van der Waals surface area contributed by atoms with Gasteiger partial charge in [0, 0.05) is 30.1 Å². The quantitative estimate of drug-likeness (QED) is 0.782. The number of carbonyl (C=O) groups excluding carboxylic acids is 1. The van der Waals surface area contributed by atoms with Gasteiger partial charge in [-0.1, -0.05) is 6.92 Å². The maximum Gasteiger partial charge on any atom is 0.225 e. The summed E-state index contributed by atoms with van der Waals surface area (Å²) < 4.78 is 0. The molecule has 0 aromatic heterocycles. The molecule has 1 saturated heterocycles. The highest BCUT2D eigenvalue weighted by Crippen LogP contribution is 2.26. The van der Waals surface area contributed by atoms with Crippen LogP contribution in [0.5, 0.6) is 0 Å². The van der Waals surface area contributed by atoms with E-state index in [2.05, 4.69) is 51.8 Å². The summed E-state index contributed by atoms with van der Waals surface area (Å²) in [6, 6.07) is 0.318. The fraction of sp³-hybridized carbons (Fsp3) is 0.923. The van der Waals surface area contributed by atoms with Crippen molar-refractivity contribution in [1.82, 2.24) is 10.2 Å². The Labute approximate surface area is 99.6 Å². The Balaban J connectivity index is 2.99. The second-order valence-electron chi connectivity index (χ2n) is 6.25. The lowest BCUT2D eigenvalue weighted by molar-refractivity contribution is -0.138. The largest absolute Gasteiger partial charge is 0.334 e. The number of nitrogens with one attached hydrogen (secondary N) is 1. The molecule has 0 spiro atoms. The van der Waals surface area contributed by atoms with Crippen molar-refractivity contribution in [2.45, 2.75) is 71.5 Å². The number of rotatable bonds is 2. The fourth-order valence-corrected chi connectivity index (χ4v) is 2.43. The van der Waals surface area contributed by atoms with Gasteiger partial charge in [-0.15, -0.1) is 0 Å². The molecule has 0 radical (unpaired) electrons. The molecule has 0 aromatic rings. The second kappa shape index (κ2) is 4.36. The minimum absolute atomic E-state index is 0.0867. The molecule has 1 unspecified atom stereocenters. The molecule has 3 nitrogen and oxygen atoms in total. The third-order valence-corrected chi connectivity index (χ3v) is 3.55. The first-order valence-electron chi connectivity index (χ1n) is 6.27. The zero-order chi connectivity index (χ0) is 12.6. The average molecular weight is 226 g/mol. The van der Waals surface area contributed by atoms with Crippen molar-refractivity contribution in [2.75, 3.05) is 6.54 Å². The van der Waals surface area contributed by atoms with E-state index in [1.165, 1.54) is 0 Å². The van der Waals surface area contributed by atoms with Crippen molar-refractivity contribution in [3.8, 4) is 0 Å². The van der Waals surface area contributed by atoms with Gasteiger partial charge in [-0.3, -0.25) is 4.79 Å². The van der Waals surface area contributed by atoms with Crippen LogP contribution >= 0.6 is 0 Å². The molecule has 1 aliphatic heterocycles. The van der Waals surface area contributed by atoms with Crippen molar-refractivity contribution in [2.24, 2.45) is 0 Å². The first kappa shape index (κ1) is 13.5. The summed E-state index contributed by atoms with van der Waals surface area (Å²) in [5, 5.41) is 3.49. The molecule has 1 amide bonds. The monoisotopic (exact) mass is 226 g/mol. The molecule has 0 aromatic carbocycles. The second-order valence-corrected chi connectivity index (χ2v) is 6.25. The highest BCUT2D eigenvalue weighted by Gasteiger charge is 2.40. The molecule has 1 rings (SSSR count). The van der Waals surface area contributed by atoms with Gasteiger partial charge in [-0.25, -0.2) is 0 Å². The van der Waals surface area contributed by atoms with Gasteiger partial charge in [0.15, 0.2) is 0 Å². The van der Waals surface area contributed by atoms with Crippen molar-refractivity contribution in [1.29, 1.82) is 0 Å². The van der Waals surface area contributed by atoms with E-state index in [0.29, 0.717) is 12.5 Å². The molecule has 1 heterocycles. The van der Waals surface area contributed by atoms with Gasteiger partial charge in [0.25, 0.3) is 0 Å². The maximum absolute atomic E-state index is 12.3. The van der Waals surface area contributed by atoms with E-state index in [0.717, 1.165) is 13.0 Å². The molecule has 3 heteroatoms. The number of amides is 1. The molecule has 16 heavy (non-hydrogen) atoms. The minimum atomic E-state index is -0.0969. The van der Waals surface area contributed by atoms with Crippen LogP contribution in [-0.2, 0) is 4.79 Å². The topological polar surface area (TPSA) is 32.3 Å². The number of carbonyl (C=O) groups is 1. The van der Waals surface area contributed by atoms with Crippen molar-refractivity contribution in [3.05, 3.63) is 0 Å². The molecule has 1 fully saturated rings. The lowest BCUT2D eigenvalue weighted by atomic mass is 9.99. The summed E-state index contributed by atoms with van der Waals surface area (Å²) in [7, 11) is 0. The smallest absolute Gasteiger partial charge is 0.225 e. The third kappa shape index (κ3) is 2.76. The highest BCUT2D eigenvalue weighted by atomic mass is 16.2. The summed E-state index contributed by atoms with van der Waals surface area (Å²) in [5.41, 5.74) is -0.184. The first-order valence-corrected chi connectivity index (χ1v) is 6.27. The molecule has 1 N–H and O–H groups in total. The van der Waals surface area contributed by atoms with Gasteiger partial charge in [-0.05, 0) is 41.0 Å². The van der Waals surface area contributed by atoms with E-state index in [9.17, 15) is 4.79 Å². The van der Waals surface area contributed by atoms with Crippen LogP contribution in [0, 0.1) is 0 Å². The molecule has 1 aliphatic rings. The van der Waals surface area contributed by atoms with Crippen LogP contribution in [0.25, 0.3) is 0 Å². The zero-order valence-electron chi connectivity index (χ0n) is 11.6. The van der Waals surface area contributed by atoms with Crippen LogP contribution in [0.15, 0.2) is 0 Å². The van der Waals surface area contributed by atoms with Crippen LogP contribution < -0.4 is 5.32 Å². The van der Waals surface area contributed by atoms with E-state index >= 15 is 0 Å². The molecule has 0 saturated carbocycles. The predicted octanol–water partition coefficient (Wildman–Crippen LogP) is 2.16. The van der Waals surface area contributed by atoms with E-state index in [1.807, 2.05) is 0 Å². The minimum Gasteiger partial charge on any atom is -0.334 e. The summed E-state index contributed by atoms with van der Waals surface area (Å²) in [4.78, 5) is 14.4. The van der Waals surface area contributed by atoms with Gasteiger partial charge in [-0.2, -0.15) is 0 Å². The van der Waals surface area contributed by atoms with Crippen LogP contribution in [0.2, 0.25) is 0 Å². The molecule has 1 atom stereocenters. The number of nitrogens with zero attached hydrogens (tertiary/aromatic N) is 1. The summed E-state index contributed by atoms with van der Waals surface area (Å²) in [6.45, 7) is 13.6. The van der Waals surface area contributed by atoms with E-state index in [-0.39, 0.29) is 17.0 Å². The van der Waals surface area contributed by atoms with Crippen molar-refractivity contribution < 1.29 is 4.79 Å². The Kier molecular flexibility index (Phi) is 3.68. The van der Waals surface area contributed by atoms with Gasteiger partial charge >= 0.3 is 0 Å². The van der Waals surface area contributed by atoms with Crippen LogP contribution in [0.4, 0.5) is 0 Å². The number of hydrogen-bond acceptors (Lipinski definition) is 2. The van der Waals surface area contributed by atoms with Crippen LogP contribution in [-0.4, -0.2) is 34.5 Å². The zero-order valence-corrected chi connectivity index (χ0v) is 11.6. The first-order chi connectivity index (χ1) is 7.19. The van der Waals surface area contributed by atoms with Crippen LogP contribution in [0.1, 0.15) is 54.4 Å².